The van der Waals surface area contributed by atoms with Gasteiger partial charge in [0.05, 0.1) is 18.8 Å². The van der Waals surface area contributed by atoms with E-state index in [1.54, 1.807) is 19.9 Å². The van der Waals surface area contributed by atoms with E-state index in [0.717, 1.165) is 29.3 Å². The van der Waals surface area contributed by atoms with Crippen LogP contribution in [0.5, 0.6) is 0 Å². The Kier molecular flexibility index (Phi) is 20.0. The van der Waals surface area contributed by atoms with Gasteiger partial charge in [-0.3, -0.25) is 14.4 Å². The Balaban J connectivity index is 4.19. The zero-order valence-electron chi connectivity index (χ0n) is 25.7. The molecule has 0 aromatic rings. The predicted octanol–water partition coefficient (Wildman–Crippen LogP) is 3.36. The lowest BCUT2D eigenvalue weighted by Crippen LogP contribution is -2.46. The van der Waals surface area contributed by atoms with Crippen LogP contribution in [0.4, 0.5) is 0 Å². The maximum Gasteiger partial charge on any atom is 0.249 e. The van der Waals surface area contributed by atoms with Gasteiger partial charge in [0.2, 0.25) is 11.8 Å². The number of hydrogen-bond donors (Lipinski definition) is 6. The first-order chi connectivity index (χ1) is 19.6. The average Bonchev–Trinajstić information content (AvgIpc) is 2.93. The van der Waals surface area contributed by atoms with Gasteiger partial charge >= 0.3 is 0 Å². The highest BCUT2D eigenvalue weighted by molar-refractivity contribution is 8.13. The van der Waals surface area contributed by atoms with Gasteiger partial charge < -0.3 is 31.1 Å². The van der Waals surface area contributed by atoms with Crippen molar-refractivity contribution in [1.29, 1.82) is 0 Å². The molecule has 4 atom stereocenters. The van der Waals surface area contributed by atoms with Crippen LogP contribution in [0.3, 0.4) is 0 Å². The molecule has 0 aliphatic carbocycles. The lowest BCUT2D eigenvalue weighted by atomic mass is 9.87. The van der Waals surface area contributed by atoms with Gasteiger partial charge in [-0.15, -0.1) is 0 Å². The van der Waals surface area contributed by atoms with Crippen molar-refractivity contribution in [1.82, 2.24) is 10.6 Å². The SMILES string of the molecule is C=C(C=C[C@H](C)[C@@H](O)C[C@H](O)CC(=C)CC)C/C=C/C(=C)CC(=O)SCCNC(=O)CCNC(=O)[C@H](O)C(C)(C)CO. The van der Waals surface area contributed by atoms with Gasteiger partial charge in [0.15, 0.2) is 5.12 Å². The third kappa shape index (κ3) is 18.1. The Labute approximate surface area is 255 Å². The van der Waals surface area contributed by atoms with Crippen LogP contribution in [0.2, 0.25) is 0 Å². The summed E-state index contributed by atoms with van der Waals surface area (Å²) < 4.78 is 0. The fourth-order valence-electron chi connectivity index (χ4n) is 3.49. The molecule has 0 aromatic carbocycles. The Morgan fingerprint density at radius 3 is 2.29 bits per heavy atom. The van der Waals surface area contributed by atoms with Gasteiger partial charge in [0.25, 0.3) is 0 Å². The number of nitrogens with one attached hydrogen (secondary N) is 2. The highest BCUT2D eigenvalue weighted by atomic mass is 32.2. The molecule has 6 N–H and O–H groups in total. The smallest absolute Gasteiger partial charge is 0.249 e. The van der Waals surface area contributed by atoms with Crippen molar-refractivity contribution < 1.29 is 34.8 Å². The van der Waals surface area contributed by atoms with Gasteiger partial charge in [0.1, 0.15) is 6.10 Å². The molecule has 2 amide bonds. The van der Waals surface area contributed by atoms with Crippen molar-refractivity contribution in [2.75, 3.05) is 25.4 Å². The Bertz CT molecular complexity index is 974. The maximum absolute atomic E-state index is 12.2. The molecule has 42 heavy (non-hydrogen) atoms. The van der Waals surface area contributed by atoms with Crippen LogP contribution in [0.15, 0.2) is 60.8 Å². The minimum atomic E-state index is -1.38. The molecule has 0 spiro atoms. The summed E-state index contributed by atoms with van der Waals surface area (Å²) in [6.07, 6.45) is 7.05. The van der Waals surface area contributed by atoms with Crippen LogP contribution in [-0.2, 0) is 14.4 Å². The summed E-state index contributed by atoms with van der Waals surface area (Å²) in [4.78, 5) is 36.0. The molecule has 0 rings (SSSR count). The molecule has 10 heteroatoms. The highest BCUT2D eigenvalue weighted by Crippen LogP contribution is 2.20. The van der Waals surface area contributed by atoms with Crippen molar-refractivity contribution in [3.63, 3.8) is 0 Å². The molecular formula is C32H52N2O7S. The zero-order chi connectivity index (χ0) is 32.3. The van der Waals surface area contributed by atoms with E-state index in [4.69, 9.17) is 0 Å². The summed E-state index contributed by atoms with van der Waals surface area (Å²) in [5.41, 5.74) is 1.47. The van der Waals surface area contributed by atoms with E-state index >= 15 is 0 Å². The second kappa shape index (κ2) is 21.2. The van der Waals surface area contributed by atoms with Crippen LogP contribution in [-0.4, -0.2) is 81.1 Å². The first-order valence-electron chi connectivity index (χ1n) is 14.3. The number of carbonyl (C=O) groups excluding carboxylic acids is 3. The molecule has 0 aliphatic heterocycles. The molecule has 0 fully saturated rings. The first kappa shape index (κ1) is 39.5. The van der Waals surface area contributed by atoms with E-state index in [0.29, 0.717) is 24.2 Å². The molecule has 0 aliphatic rings. The fraction of sp³-hybridized carbons (Fsp3) is 0.594. The predicted molar refractivity (Wildman–Crippen MR) is 171 cm³/mol. The molecule has 0 saturated carbocycles. The number of thioether (sulfide) groups is 1. The largest absolute Gasteiger partial charge is 0.396 e. The van der Waals surface area contributed by atoms with Crippen molar-refractivity contribution >= 4 is 28.7 Å². The number of hydrogen-bond acceptors (Lipinski definition) is 8. The second-order valence-electron chi connectivity index (χ2n) is 11.2. The molecule has 0 aromatic heterocycles. The van der Waals surface area contributed by atoms with Crippen LogP contribution in [0.25, 0.3) is 0 Å². The maximum atomic E-state index is 12.2. The third-order valence-corrected chi connectivity index (χ3v) is 7.49. The molecule has 0 heterocycles. The number of aliphatic hydroxyl groups excluding tert-OH is 4. The Hall–Kier alpha value is -2.50. The molecule has 238 valence electrons. The monoisotopic (exact) mass is 608 g/mol. The van der Waals surface area contributed by atoms with Gasteiger partial charge in [0, 0.05) is 49.4 Å². The lowest BCUT2D eigenvalue weighted by molar-refractivity contribution is -0.137. The minimum Gasteiger partial charge on any atom is -0.396 e. The molecule has 0 saturated heterocycles. The fourth-order valence-corrected chi connectivity index (χ4v) is 4.21. The first-order valence-corrected chi connectivity index (χ1v) is 15.3. The van der Waals surface area contributed by atoms with Crippen molar-refractivity contribution in [3.05, 3.63) is 60.8 Å². The number of allylic oxidation sites excluding steroid dienone is 5. The van der Waals surface area contributed by atoms with Crippen LogP contribution in [0.1, 0.15) is 66.2 Å². The number of rotatable bonds is 22. The van der Waals surface area contributed by atoms with Crippen molar-refractivity contribution in [2.24, 2.45) is 11.3 Å². The van der Waals surface area contributed by atoms with E-state index in [2.05, 4.69) is 30.4 Å². The minimum absolute atomic E-state index is 0.0247. The third-order valence-electron chi connectivity index (χ3n) is 6.62. The number of carbonyl (C=O) groups is 3. The van der Waals surface area contributed by atoms with E-state index < -0.39 is 29.6 Å². The average molecular weight is 609 g/mol. The standard InChI is InChI=1S/C32H52N2O7S/c1-8-22(2)18-26(36)20-27(37)25(5)13-12-23(3)10-9-11-24(4)19-29(39)42-17-16-33-28(38)14-15-34-31(41)30(40)32(6,7)21-35/h9,11-13,25-27,30,35-37,40H,2-4,8,10,14-21H2,1,5-7H3,(H,33,38)(H,34,41)/b11-9+,13-12?/t25-,26+,27-,30-/m0/s1. The Morgan fingerprint density at radius 1 is 1.00 bits per heavy atom. The lowest BCUT2D eigenvalue weighted by Gasteiger charge is -2.27. The summed E-state index contributed by atoms with van der Waals surface area (Å²) >= 11 is 1.10. The topological polar surface area (TPSA) is 156 Å². The zero-order valence-corrected chi connectivity index (χ0v) is 26.5. The van der Waals surface area contributed by atoms with Gasteiger partial charge in [-0.25, -0.2) is 0 Å². The quantitative estimate of drug-likeness (QED) is 0.0621. The van der Waals surface area contributed by atoms with Crippen LogP contribution >= 0.6 is 11.8 Å². The highest BCUT2D eigenvalue weighted by Gasteiger charge is 2.32. The number of aliphatic hydroxyl groups is 4. The van der Waals surface area contributed by atoms with E-state index in [1.807, 2.05) is 32.1 Å². The van der Waals surface area contributed by atoms with Crippen LogP contribution < -0.4 is 10.6 Å². The van der Waals surface area contributed by atoms with E-state index in [1.165, 1.54) is 0 Å². The van der Waals surface area contributed by atoms with Crippen molar-refractivity contribution in [2.45, 2.75) is 84.5 Å². The summed E-state index contributed by atoms with van der Waals surface area (Å²) in [5, 5.41) is 44.7. The van der Waals surface area contributed by atoms with Crippen LogP contribution in [0, 0.1) is 11.3 Å². The molecule has 0 bridgehead atoms. The van der Waals surface area contributed by atoms with Crippen molar-refractivity contribution in [3.8, 4) is 0 Å². The summed E-state index contributed by atoms with van der Waals surface area (Å²) in [6.45, 7) is 18.8. The summed E-state index contributed by atoms with van der Waals surface area (Å²) in [6, 6.07) is 0. The molecule has 9 nitrogen and oxygen atoms in total. The number of amides is 2. The van der Waals surface area contributed by atoms with E-state index in [9.17, 15) is 34.8 Å². The molecule has 0 radical (unpaired) electrons. The van der Waals surface area contributed by atoms with Gasteiger partial charge in [-0.1, -0.05) is 94.6 Å². The summed E-state index contributed by atoms with van der Waals surface area (Å²) in [5.74, 6) is -0.687. The van der Waals surface area contributed by atoms with Gasteiger partial charge in [-0.05, 0) is 24.8 Å². The Morgan fingerprint density at radius 2 is 1.67 bits per heavy atom. The normalized spacial score (nSPS) is 14.8. The molecule has 0 unspecified atom stereocenters. The second-order valence-corrected chi connectivity index (χ2v) is 12.4. The van der Waals surface area contributed by atoms with E-state index in [-0.39, 0.29) is 55.9 Å². The van der Waals surface area contributed by atoms with Gasteiger partial charge in [-0.2, -0.15) is 0 Å². The molecular weight excluding hydrogens is 556 g/mol. The summed E-state index contributed by atoms with van der Waals surface area (Å²) in [7, 11) is 0.